The highest BCUT2D eigenvalue weighted by Crippen LogP contribution is 2.35. The van der Waals surface area contributed by atoms with E-state index in [1.807, 2.05) is 6.07 Å². The number of halogens is 1. The number of rotatable bonds is 2. The minimum Gasteiger partial charge on any atom is -0.360 e. The molecule has 0 spiro atoms. The van der Waals surface area contributed by atoms with Gasteiger partial charge in [-0.15, -0.1) is 11.6 Å². The summed E-state index contributed by atoms with van der Waals surface area (Å²) in [6, 6.07) is 8.78. The monoisotopic (exact) mass is 280 g/mol. The van der Waals surface area contributed by atoms with Crippen LogP contribution in [0.1, 0.15) is 25.7 Å². The lowest BCUT2D eigenvalue weighted by Gasteiger charge is -2.35. The molecular weight excluding hydrogens is 264 g/mol. The Kier molecular flexibility index (Phi) is 3.44. The number of aromatic nitrogens is 1. The van der Waals surface area contributed by atoms with E-state index in [0.717, 1.165) is 11.9 Å². The van der Waals surface area contributed by atoms with Crippen molar-refractivity contribution < 1.29 is 0 Å². The molecule has 0 radical (unpaired) electrons. The van der Waals surface area contributed by atoms with Gasteiger partial charge in [0, 0.05) is 18.5 Å². The van der Waals surface area contributed by atoms with Crippen LogP contribution in [-0.4, -0.2) is 22.8 Å². The van der Waals surface area contributed by atoms with Crippen molar-refractivity contribution in [1.82, 2.24) is 4.37 Å². The number of fused-ring (bicyclic) bond motifs is 1. The van der Waals surface area contributed by atoms with Crippen LogP contribution >= 0.6 is 23.1 Å². The second-order valence-electron chi connectivity index (χ2n) is 4.98. The van der Waals surface area contributed by atoms with E-state index in [1.165, 1.54) is 29.6 Å². The number of anilines is 1. The lowest BCUT2D eigenvalue weighted by atomic mass is 9.94. The second-order valence-corrected chi connectivity index (χ2v) is 6.30. The largest absolute Gasteiger partial charge is 0.360 e. The highest BCUT2D eigenvalue weighted by molar-refractivity contribution is 7.11. The molecule has 2 unspecified atom stereocenters. The van der Waals surface area contributed by atoms with Gasteiger partial charge in [-0.3, -0.25) is 0 Å². The maximum Gasteiger partial charge on any atom is 0.120 e. The number of nitrogens with zero attached hydrogens (tertiary/aromatic N) is 2. The second kappa shape index (κ2) is 5.06. The first-order valence-electron chi connectivity index (χ1n) is 6.48. The van der Waals surface area contributed by atoms with Gasteiger partial charge in [0.05, 0.1) is 10.9 Å². The van der Waals surface area contributed by atoms with E-state index in [1.54, 1.807) is 11.5 Å². The van der Waals surface area contributed by atoms with Crippen molar-refractivity contribution in [2.24, 2.45) is 0 Å². The predicted molar refractivity (Wildman–Crippen MR) is 79.9 cm³/mol. The van der Waals surface area contributed by atoms with Crippen LogP contribution in [0.2, 0.25) is 0 Å². The van der Waals surface area contributed by atoms with Crippen molar-refractivity contribution in [2.75, 3.05) is 11.9 Å². The molecule has 0 N–H and O–H groups in total. The Hall–Kier alpha value is -0.800. The van der Waals surface area contributed by atoms with Gasteiger partial charge in [-0.1, -0.05) is 25.0 Å². The quantitative estimate of drug-likeness (QED) is 0.763. The molecular formula is C14H17ClN2S. The molecule has 1 aromatic heterocycles. The van der Waals surface area contributed by atoms with E-state index in [9.17, 15) is 0 Å². The molecule has 1 aliphatic carbocycles. The fourth-order valence-electron chi connectivity index (χ4n) is 2.78. The van der Waals surface area contributed by atoms with Gasteiger partial charge in [-0.25, -0.2) is 0 Å². The average Bonchev–Trinajstić information content (AvgIpc) is 2.82. The normalized spacial score (nSPS) is 24.3. The summed E-state index contributed by atoms with van der Waals surface area (Å²) in [5.74, 6) is 0. The van der Waals surface area contributed by atoms with Gasteiger partial charge >= 0.3 is 0 Å². The third-order valence-corrected chi connectivity index (χ3v) is 5.31. The topological polar surface area (TPSA) is 16.1 Å². The third kappa shape index (κ3) is 2.10. The van der Waals surface area contributed by atoms with Gasteiger partial charge in [0.2, 0.25) is 0 Å². The summed E-state index contributed by atoms with van der Waals surface area (Å²) >= 11 is 8.07. The molecule has 0 aliphatic heterocycles. The fraction of sp³-hybridized carbons (Fsp3) is 0.500. The van der Waals surface area contributed by atoms with E-state index in [4.69, 9.17) is 11.6 Å². The fourth-order valence-corrected chi connectivity index (χ4v) is 4.11. The molecule has 3 rings (SSSR count). The van der Waals surface area contributed by atoms with Crippen LogP contribution in [-0.2, 0) is 0 Å². The first-order chi connectivity index (χ1) is 8.77. The number of hydrogen-bond donors (Lipinski definition) is 0. The third-order valence-electron chi connectivity index (χ3n) is 3.83. The molecule has 1 fully saturated rings. The predicted octanol–water partition coefficient (Wildman–Crippen LogP) is 4.28. The van der Waals surface area contributed by atoms with Gasteiger partial charge < -0.3 is 4.90 Å². The summed E-state index contributed by atoms with van der Waals surface area (Å²) < 4.78 is 4.52. The minimum absolute atomic E-state index is 0.268. The van der Waals surface area contributed by atoms with Crippen molar-refractivity contribution in [3.8, 4) is 0 Å². The van der Waals surface area contributed by atoms with Crippen LogP contribution in [0.4, 0.5) is 5.00 Å². The van der Waals surface area contributed by atoms with E-state index in [0.29, 0.717) is 6.04 Å². The molecule has 0 bridgehead atoms. The molecule has 4 heteroatoms. The minimum atomic E-state index is 0.268. The Morgan fingerprint density at radius 2 is 2.06 bits per heavy atom. The first kappa shape index (κ1) is 12.2. The standard InChI is InChI=1S/C14H17ClN2S/c1-17(13-9-5-3-7-11(13)15)14-10-6-2-4-8-12(10)16-18-14/h2,4,6,8,11,13H,3,5,7,9H2,1H3. The average molecular weight is 281 g/mol. The van der Waals surface area contributed by atoms with Crippen LogP contribution in [0.15, 0.2) is 24.3 Å². The van der Waals surface area contributed by atoms with Gasteiger partial charge in [0.15, 0.2) is 0 Å². The summed E-state index contributed by atoms with van der Waals surface area (Å²) in [5, 5.41) is 2.77. The van der Waals surface area contributed by atoms with Gasteiger partial charge in [-0.05, 0) is 36.5 Å². The maximum atomic E-state index is 6.49. The molecule has 1 heterocycles. The molecule has 1 saturated carbocycles. The Morgan fingerprint density at radius 3 is 2.89 bits per heavy atom. The zero-order valence-electron chi connectivity index (χ0n) is 10.5. The van der Waals surface area contributed by atoms with Crippen molar-refractivity contribution in [1.29, 1.82) is 0 Å². The van der Waals surface area contributed by atoms with Crippen LogP contribution in [0.5, 0.6) is 0 Å². The van der Waals surface area contributed by atoms with E-state index >= 15 is 0 Å². The smallest absolute Gasteiger partial charge is 0.120 e. The highest BCUT2D eigenvalue weighted by atomic mass is 35.5. The Morgan fingerprint density at radius 1 is 1.28 bits per heavy atom. The highest BCUT2D eigenvalue weighted by Gasteiger charge is 2.28. The SMILES string of the molecule is CN(c1snc2ccccc12)C1CCCCC1Cl. The molecule has 2 aromatic rings. The van der Waals surface area contributed by atoms with E-state index in [-0.39, 0.29) is 5.38 Å². The van der Waals surface area contributed by atoms with Gasteiger partial charge in [-0.2, -0.15) is 4.37 Å². The summed E-state index contributed by atoms with van der Waals surface area (Å²) in [6.45, 7) is 0. The number of alkyl halides is 1. The van der Waals surface area contributed by atoms with Gasteiger partial charge in [0.1, 0.15) is 5.00 Å². The molecule has 1 aromatic carbocycles. The lowest BCUT2D eigenvalue weighted by molar-refractivity contribution is 0.436. The summed E-state index contributed by atoms with van der Waals surface area (Å²) in [6.07, 6.45) is 4.88. The summed E-state index contributed by atoms with van der Waals surface area (Å²) in [5.41, 5.74) is 1.09. The van der Waals surface area contributed by atoms with E-state index < -0.39 is 0 Å². The first-order valence-corrected chi connectivity index (χ1v) is 7.69. The van der Waals surface area contributed by atoms with Crippen LogP contribution < -0.4 is 4.90 Å². The van der Waals surface area contributed by atoms with E-state index in [2.05, 4.69) is 34.5 Å². The lowest BCUT2D eigenvalue weighted by Crippen LogP contribution is -2.40. The van der Waals surface area contributed by atoms with Crippen LogP contribution in [0, 0.1) is 0 Å². The van der Waals surface area contributed by atoms with Gasteiger partial charge in [0.25, 0.3) is 0 Å². The molecule has 96 valence electrons. The van der Waals surface area contributed by atoms with Crippen molar-refractivity contribution in [3.05, 3.63) is 24.3 Å². The van der Waals surface area contributed by atoms with Crippen molar-refractivity contribution in [2.45, 2.75) is 37.1 Å². The molecule has 18 heavy (non-hydrogen) atoms. The summed E-state index contributed by atoms with van der Waals surface area (Å²) in [4.78, 5) is 2.34. The molecule has 0 amide bonds. The number of hydrogen-bond acceptors (Lipinski definition) is 3. The number of benzene rings is 1. The zero-order chi connectivity index (χ0) is 12.5. The maximum absolute atomic E-state index is 6.49. The van der Waals surface area contributed by atoms with Crippen LogP contribution in [0.25, 0.3) is 10.9 Å². The van der Waals surface area contributed by atoms with Crippen LogP contribution in [0.3, 0.4) is 0 Å². The zero-order valence-corrected chi connectivity index (χ0v) is 12.0. The summed E-state index contributed by atoms with van der Waals surface area (Å²) in [7, 11) is 2.16. The molecule has 2 atom stereocenters. The Bertz CT molecular complexity index is 539. The molecule has 1 aliphatic rings. The molecule has 0 saturated heterocycles. The van der Waals surface area contributed by atoms with Crippen molar-refractivity contribution >= 4 is 39.0 Å². The Labute approximate surface area is 117 Å². The Balaban J connectivity index is 1.93. The van der Waals surface area contributed by atoms with Crippen molar-refractivity contribution in [3.63, 3.8) is 0 Å². The molecule has 2 nitrogen and oxygen atoms in total.